The molecule has 0 aromatic heterocycles. The second-order valence-electron chi connectivity index (χ2n) is 3.67. The van der Waals surface area contributed by atoms with E-state index in [1.807, 2.05) is 17.8 Å². The first-order valence-electron chi connectivity index (χ1n) is 5.36. The van der Waals surface area contributed by atoms with Crippen molar-refractivity contribution in [3.63, 3.8) is 0 Å². The molecule has 0 amide bonds. The van der Waals surface area contributed by atoms with Gasteiger partial charge in [-0.3, -0.25) is 4.99 Å². The molecule has 1 aromatic rings. The second kappa shape index (κ2) is 5.21. The molecule has 3 heteroatoms. The van der Waals surface area contributed by atoms with Crippen LogP contribution in [-0.4, -0.2) is 17.0 Å². The lowest BCUT2D eigenvalue weighted by Crippen LogP contribution is -2.25. The number of nitrogens with one attached hydrogen (secondary N) is 1. The van der Waals surface area contributed by atoms with Crippen molar-refractivity contribution in [3.05, 3.63) is 35.9 Å². The molecule has 2 nitrogen and oxygen atoms in total. The predicted molar refractivity (Wildman–Crippen MR) is 67.3 cm³/mol. The highest BCUT2D eigenvalue weighted by Gasteiger charge is 2.17. The van der Waals surface area contributed by atoms with Gasteiger partial charge in [-0.15, -0.1) is 0 Å². The van der Waals surface area contributed by atoms with Gasteiger partial charge in [0.25, 0.3) is 0 Å². The van der Waals surface area contributed by atoms with Crippen LogP contribution in [0, 0.1) is 0 Å². The van der Waals surface area contributed by atoms with E-state index in [2.05, 4.69) is 41.5 Å². The molecule has 1 aliphatic heterocycles. The van der Waals surface area contributed by atoms with Crippen LogP contribution in [0.5, 0.6) is 0 Å². The maximum Gasteiger partial charge on any atom is 0.157 e. The molecule has 80 valence electrons. The summed E-state index contributed by atoms with van der Waals surface area (Å²) in [5.41, 5.74) is 1.27. The van der Waals surface area contributed by atoms with Crippen molar-refractivity contribution in [1.82, 2.24) is 5.32 Å². The zero-order valence-electron chi connectivity index (χ0n) is 8.94. The second-order valence-corrected chi connectivity index (χ2v) is 4.68. The molecule has 2 rings (SSSR count). The highest BCUT2D eigenvalue weighted by molar-refractivity contribution is 8.14. The lowest BCUT2D eigenvalue weighted by molar-refractivity contribution is 0.667. The van der Waals surface area contributed by atoms with E-state index in [1.54, 1.807) is 0 Å². The summed E-state index contributed by atoms with van der Waals surface area (Å²) in [4.78, 5) is 4.56. The van der Waals surface area contributed by atoms with Crippen molar-refractivity contribution in [3.8, 4) is 0 Å². The van der Waals surface area contributed by atoms with Crippen LogP contribution in [0.2, 0.25) is 0 Å². The van der Waals surface area contributed by atoms with Crippen LogP contribution < -0.4 is 5.32 Å². The third-order valence-corrected chi connectivity index (χ3v) is 3.58. The molecule has 15 heavy (non-hydrogen) atoms. The van der Waals surface area contributed by atoms with Gasteiger partial charge in [0.2, 0.25) is 0 Å². The van der Waals surface area contributed by atoms with Crippen LogP contribution >= 0.6 is 11.8 Å². The Morgan fingerprint density at radius 2 is 2.20 bits per heavy atom. The van der Waals surface area contributed by atoms with E-state index in [-0.39, 0.29) is 0 Å². The molecule has 1 saturated heterocycles. The third-order valence-electron chi connectivity index (χ3n) is 2.49. The van der Waals surface area contributed by atoms with Crippen molar-refractivity contribution in [2.75, 3.05) is 5.75 Å². The Balaban J connectivity index is 1.90. The van der Waals surface area contributed by atoms with Crippen molar-refractivity contribution in [1.29, 1.82) is 0 Å². The van der Waals surface area contributed by atoms with E-state index in [4.69, 9.17) is 0 Å². The van der Waals surface area contributed by atoms with E-state index in [0.29, 0.717) is 6.04 Å². The molecule has 1 heterocycles. The van der Waals surface area contributed by atoms with Gasteiger partial charge in [0, 0.05) is 11.8 Å². The van der Waals surface area contributed by atoms with Gasteiger partial charge in [0.1, 0.15) is 0 Å². The lowest BCUT2D eigenvalue weighted by atomic mass is 10.2. The van der Waals surface area contributed by atoms with Crippen LogP contribution in [0.1, 0.15) is 18.9 Å². The van der Waals surface area contributed by atoms with Gasteiger partial charge in [0.15, 0.2) is 5.17 Å². The summed E-state index contributed by atoms with van der Waals surface area (Å²) in [6.45, 7) is 2.99. The largest absolute Gasteiger partial charge is 0.361 e. The molecule has 0 radical (unpaired) electrons. The normalized spacial score (nSPS) is 23.0. The van der Waals surface area contributed by atoms with Crippen LogP contribution in [0.3, 0.4) is 0 Å². The van der Waals surface area contributed by atoms with Crippen molar-refractivity contribution in [2.45, 2.75) is 25.9 Å². The molecule has 1 aromatic carbocycles. The number of benzene rings is 1. The number of thioether (sulfide) groups is 1. The summed E-state index contributed by atoms with van der Waals surface area (Å²) in [7, 11) is 0. The van der Waals surface area contributed by atoms with Gasteiger partial charge in [-0.25, -0.2) is 0 Å². The molecule has 0 unspecified atom stereocenters. The molecule has 0 aliphatic carbocycles. The van der Waals surface area contributed by atoms with E-state index >= 15 is 0 Å². The molecule has 0 bridgehead atoms. The quantitative estimate of drug-likeness (QED) is 0.847. The number of hydrogen-bond acceptors (Lipinski definition) is 2. The fraction of sp³-hybridized carbons (Fsp3) is 0.417. The van der Waals surface area contributed by atoms with Crippen molar-refractivity contribution < 1.29 is 0 Å². The fourth-order valence-corrected chi connectivity index (χ4v) is 2.58. The Bertz CT molecular complexity index is 335. The van der Waals surface area contributed by atoms with Crippen LogP contribution in [0.15, 0.2) is 35.3 Å². The van der Waals surface area contributed by atoms with Crippen LogP contribution in [0.25, 0.3) is 0 Å². The highest BCUT2D eigenvalue weighted by Crippen LogP contribution is 2.16. The van der Waals surface area contributed by atoms with Crippen LogP contribution in [-0.2, 0) is 6.54 Å². The van der Waals surface area contributed by atoms with Crippen molar-refractivity contribution >= 4 is 16.9 Å². The molecule has 1 aliphatic rings. The minimum Gasteiger partial charge on any atom is -0.361 e. The summed E-state index contributed by atoms with van der Waals surface area (Å²) in [5, 5.41) is 4.53. The third kappa shape index (κ3) is 2.99. The lowest BCUT2D eigenvalue weighted by Gasteiger charge is -2.04. The maximum absolute atomic E-state index is 4.56. The van der Waals surface area contributed by atoms with Crippen molar-refractivity contribution in [2.24, 2.45) is 4.99 Å². The Labute approximate surface area is 95.2 Å². The van der Waals surface area contributed by atoms with Gasteiger partial charge < -0.3 is 5.32 Å². The van der Waals surface area contributed by atoms with Gasteiger partial charge >= 0.3 is 0 Å². The Morgan fingerprint density at radius 3 is 2.87 bits per heavy atom. The van der Waals surface area contributed by atoms with Gasteiger partial charge in [-0.1, -0.05) is 49.0 Å². The molecular formula is C12H16N2S. The molecule has 1 fully saturated rings. The molecule has 0 saturated carbocycles. The van der Waals surface area contributed by atoms with Crippen LogP contribution in [0.4, 0.5) is 0 Å². The standard InChI is InChI=1S/C12H16N2S/c1-2-11-9-15-12(14-11)13-8-10-6-4-3-5-7-10/h3-7,11H,2,8-9H2,1H3,(H,13,14)/t11-/m1/s1. The summed E-state index contributed by atoms with van der Waals surface area (Å²) >= 11 is 1.83. The van der Waals surface area contributed by atoms with E-state index in [0.717, 1.165) is 17.5 Å². The first-order valence-corrected chi connectivity index (χ1v) is 6.34. The number of amidine groups is 1. The average Bonchev–Trinajstić information content (AvgIpc) is 2.76. The van der Waals surface area contributed by atoms with Gasteiger partial charge in [-0.2, -0.15) is 0 Å². The minimum atomic E-state index is 0.615. The number of nitrogens with zero attached hydrogens (tertiary/aromatic N) is 1. The zero-order valence-corrected chi connectivity index (χ0v) is 9.76. The molecule has 1 atom stereocenters. The molecule has 0 spiro atoms. The average molecular weight is 220 g/mol. The maximum atomic E-state index is 4.56. The Morgan fingerprint density at radius 1 is 1.40 bits per heavy atom. The summed E-state index contributed by atoms with van der Waals surface area (Å²) in [6.07, 6.45) is 1.18. The smallest absolute Gasteiger partial charge is 0.157 e. The first kappa shape index (κ1) is 10.6. The topological polar surface area (TPSA) is 24.4 Å². The zero-order chi connectivity index (χ0) is 10.5. The number of aliphatic imine (C=N–C) groups is 1. The summed E-state index contributed by atoms with van der Waals surface area (Å²) in [5.74, 6) is 1.16. The summed E-state index contributed by atoms with van der Waals surface area (Å²) < 4.78 is 0. The SMILES string of the molecule is CC[C@@H]1CSC(=NCc2ccccc2)N1. The monoisotopic (exact) mass is 220 g/mol. The first-order chi connectivity index (χ1) is 7.38. The Kier molecular flexibility index (Phi) is 3.67. The molecular weight excluding hydrogens is 204 g/mol. The predicted octanol–water partition coefficient (Wildman–Crippen LogP) is 2.66. The fourth-order valence-electron chi connectivity index (χ4n) is 1.50. The highest BCUT2D eigenvalue weighted by atomic mass is 32.2. The van der Waals surface area contributed by atoms with E-state index in [9.17, 15) is 0 Å². The minimum absolute atomic E-state index is 0.615. The Hall–Kier alpha value is -0.960. The van der Waals surface area contributed by atoms with E-state index in [1.165, 1.54) is 12.0 Å². The van der Waals surface area contributed by atoms with E-state index < -0.39 is 0 Å². The number of rotatable bonds is 3. The summed E-state index contributed by atoms with van der Waals surface area (Å²) in [6, 6.07) is 11.0. The van der Waals surface area contributed by atoms with Gasteiger partial charge in [0.05, 0.1) is 6.54 Å². The van der Waals surface area contributed by atoms with Gasteiger partial charge in [-0.05, 0) is 12.0 Å². The number of hydrogen-bond donors (Lipinski definition) is 1. The molecule has 1 N–H and O–H groups in total.